The Balaban J connectivity index is 0. The van der Waals surface area contributed by atoms with Gasteiger partial charge in [0.1, 0.15) is 6.54 Å². The summed E-state index contributed by atoms with van der Waals surface area (Å²) in [5, 5.41) is 18.4. The molecule has 0 saturated heterocycles. The van der Waals surface area contributed by atoms with Gasteiger partial charge in [-0.1, -0.05) is 6.42 Å². The fraction of sp³-hybridized carbons (Fsp3) is 0.909. The van der Waals surface area contributed by atoms with Gasteiger partial charge in [0.2, 0.25) is 0 Å². The topological polar surface area (TPSA) is 112 Å². The molecule has 0 heterocycles. The van der Waals surface area contributed by atoms with Crippen LogP contribution in [0.4, 0.5) is 0 Å². The minimum Gasteiger partial charge on any atom is -0.548 e. The van der Waals surface area contributed by atoms with Crippen LogP contribution in [0.3, 0.4) is 0 Å². The highest BCUT2D eigenvalue weighted by molar-refractivity contribution is 5.70. The maximum absolute atomic E-state index is 10.0. The summed E-state index contributed by atoms with van der Waals surface area (Å²) in [5.41, 5.74) is 10.3. The van der Waals surface area contributed by atoms with Crippen molar-refractivity contribution in [3.8, 4) is 0 Å². The van der Waals surface area contributed by atoms with E-state index >= 15 is 0 Å². The smallest absolute Gasteiger partial charge is 0.101 e. The first-order chi connectivity index (χ1) is 7.74. The van der Waals surface area contributed by atoms with Crippen LogP contribution >= 0.6 is 0 Å². The van der Waals surface area contributed by atoms with Crippen LogP contribution < -0.4 is 16.6 Å². The fourth-order valence-electron chi connectivity index (χ4n) is 0.926. The summed E-state index contributed by atoms with van der Waals surface area (Å²) in [5.74, 6) is -1.18. The van der Waals surface area contributed by atoms with E-state index in [0.29, 0.717) is 13.0 Å². The Morgan fingerprint density at radius 3 is 2.12 bits per heavy atom. The number of hydrogen-bond donors (Lipinski definition) is 3. The lowest BCUT2D eigenvalue weighted by atomic mass is 10.1. The number of aliphatic hydroxyl groups excluding tert-OH is 1. The van der Waals surface area contributed by atoms with E-state index in [0.717, 1.165) is 23.9 Å². The van der Waals surface area contributed by atoms with E-state index in [9.17, 15) is 9.90 Å². The van der Waals surface area contributed by atoms with Gasteiger partial charge >= 0.3 is 0 Å². The predicted molar refractivity (Wildman–Crippen MR) is 65.9 cm³/mol. The van der Waals surface area contributed by atoms with E-state index in [2.05, 4.69) is 21.1 Å². The van der Waals surface area contributed by atoms with E-state index in [1.165, 1.54) is 0 Å². The lowest BCUT2D eigenvalue weighted by Gasteiger charge is -2.21. The number of aliphatic carboxylic acids is 1. The molecule has 17 heavy (non-hydrogen) atoms. The molecule has 104 valence electrons. The number of unbranched alkanes of at least 4 members (excludes halogenated alkanes) is 1. The zero-order valence-corrected chi connectivity index (χ0v) is 11.2. The van der Waals surface area contributed by atoms with Gasteiger partial charge in [-0.3, -0.25) is 0 Å². The molecule has 0 fully saturated rings. The van der Waals surface area contributed by atoms with E-state index in [4.69, 9.17) is 16.6 Å². The molecule has 0 saturated carbocycles. The van der Waals surface area contributed by atoms with Gasteiger partial charge in [-0.25, -0.2) is 0 Å². The number of rotatable bonds is 7. The van der Waals surface area contributed by atoms with Crippen molar-refractivity contribution < 1.29 is 19.5 Å². The molecule has 5 N–H and O–H groups in total. The number of carbonyl (C=O) groups is 1. The molecule has 0 aliphatic heterocycles. The van der Waals surface area contributed by atoms with Crippen LogP contribution in [0.1, 0.15) is 19.3 Å². The fourth-order valence-corrected chi connectivity index (χ4v) is 0.926. The highest BCUT2D eigenvalue weighted by Crippen LogP contribution is 1.95. The summed E-state index contributed by atoms with van der Waals surface area (Å²) in [6.07, 6.45) is 2.03. The zero-order valence-electron chi connectivity index (χ0n) is 11.2. The summed E-state index contributed by atoms with van der Waals surface area (Å²) in [7, 11) is 6.16. The Labute approximate surface area is 104 Å². The maximum atomic E-state index is 10.0. The standard InChI is InChI=1S/C6H14N2O2.C5H14NO/c7-4-2-1-3-5(8)6(9)10;1-6(2,3)4-5-7/h5H,1-4,7-8H2,(H,9,10);7H,4-5H2,1-3H3/q;+1/p-1. The third-order valence-electron chi connectivity index (χ3n) is 2.04. The quantitative estimate of drug-likeness (QED) is 0.353. The van der Waals surface area contributed by atoms with Crippen molar-refractivity contribution in [2.24, 2.45) is 11.5 Å². The van der Waals surface area contributed by atoms with Crippen molar-refractivity contribution in [1.29, 1.82) is 0 Å². The highest BCUT2D eigenvalue weighted by Gasteiger charge is 2.02. The van der Waals surface area contributed by atoms with Crippen molar-refractivity contribution in [3.63, 3.8) is 0 Å². The van der Waals surface area contributed by atoms with Gasteiger partial charge in [0.05, 0.1) is 33.7 Å². The minimum atomic E-state index is -1.18. The summed E-state index contributed by atoms with van der Waals surface area (Å²) in [6.45, 7) is 1.70. The summed E-state index contributed by atoms with van der Waals surface area (Å²) in [6, 6.07) is -0.827. The van der Waals surface area contributed by atoms with E-state index in [1.54, 1.807) is 0 Å². The maximum Gasteiger partial charge on any atom is 0.101 e. The number of carbonyl (C=O) groups excluding carboxylic acids is 1. The first-order valence-corrected chi connectivity index (χ1v) is 5.82. The monoisotopic (exact) mass is 249 g/mol. The average molecular weight is 249 g/mol. The predicted octanol–water partition coefficient (Wildman–Crippen LogP) is -2.12. The van der Waals surface area contributed by atoms with Crippen molar-refractivity contribution >= 4 is 5.97 Å². The molecule has 0 amide bonds. The molecular formula is C11H27N3O3. The van der Waals surface area contributed by atoms with Gasteiger partial charge in [0.15, 0.2) is 0 Å². The highest BCUT2D eigenvalue weighted by atomic mass is 16.4. The van der Waals surface area contributed by atoms with E-state index in [-0.39, 0.29) is 6.61 Å². The number of nitrogens with zero attached hydrogens (tertiary/aromatic N) is 1. The van der Waals surface area contributed by atoms with Crippen molar-refractivity contribution in [1.82, 2.24) is 0 Å². The first kappa shape index (κ1) is 18.7. The molecule has 0 spiro atoms. The molecule has 0 rings (SSSR count). The average Bonchev–Trinajstić information content (AvgIpc) is 2.16. The van der Waals surface area contributed by atoms with Crippen LogP contribution in [-0.4, -0.2) is 62.4 Å². The molecule has 1 atom stereocenters. The SMILES string of the molecule is C[N+](C)(C)CCO.NCCCCC(N)C(=O)[O-]. The zero-order chi connectivity index (χ0) is 13.9. The summed E-state index contributed by atoms with van der Waals surface area (Å²) >= 11 is 0. The molecule has 0 aliphatic rings. The van der Waals surface area contributed by atoms with Gasteiger partial charge in [0.25, 0.3) is 0 Å². The molecule has 6 nitrogen and oxygen atoms in total. The normalized spacial score (nSPS) is 12.6. The van der Waals surface area contributed by atoms with Crippen LogP contribution in [0.25, 0.3) is 0 Å². The Morgan fingerprint density at radius 2 is 1.88 bits per heavy atom. The van der Waals surface area contributed by atoms with Gasteiger partial charge < -0.3 is 31.0 Å². The number of quaternary nitrogens is 1. The Hall–Kier alpha value is -0.690. The molecule has 0 aliphatic carbocycles. The van der Waals surface area contributed by atoms with Crippen LogP contribution in [0.15, 0.2) is 0 Å². The second-order valence-electron chi connectivity index (χ2n) is 4.95. The van der Waals surface area contributed by atoms with E-state index < -0.39 is 12.0 Å². The largest absolute Gasteiger partial charge is 0.548 e. The summed E-state index contributed by atoms with van der Waals surface area (Å²) < 4.78 is 0.844. The Bertz CT molecular complexity index is 193. The third kappa shape index (κ3) is 17.9. The molecule has 1 unspecified atom stereocenters. The van der Waals surface area contributed by atoms with Gasteiger partial charge in [-0.05, 0) is 19.4 Å². The molecule has 6 heteroatoms. The number of likely N-dealkylation sites (N-methyl/N-ethyl adjacent to an activating group) is 1. The van der Waals surface area contributed by atoms with Gasteiger partial charge in [0, 0.05) is 6.04 Å². The van der Waals surface area contributed by atoms with Crippen LogP contribution in [0, 0.1) is 0 Å². The third-order valence-corrected chi connectivity index (χ3v) is 2.04. The lowest BCUT2D eigenvalue weighted by Crippen LogP contribution is -2.41. The number of aliphatic hydroxyl groups is 1. The number of carboxylic acids is 1. The molecule has 0 aromatic rings. The Morgan fingerprint density at radius 1 is 1.35 bits per heavy atom. The minimum absolute atomic E-state index is 0.281. The lowest BCUT2D eigenvalue weighted by molar-refractivity contribution is -0.870. The molecule has 0 radical (unpaired) electrons. The van der Waals surface area contributed by atoms with Crippen LogP contribution in [0.2, 0.25) is 0 Å². The molecule has 0 bridgehead atoms. The Kier molecular flexibility index (Phi) is 11.5. The van der Waals surface area contributed by atoms with Gasteiger partial charge in [-0.15, -0.1) is 0 Å². The number of carboxylic acid groups (broad SMARTS) is 1. The van der Waals surface area contributed by atoms with Crippen molar-refractivity contribution in [2.45, 2.75) is 25.3 Å². The number of nitrogens with two attached hydrogens (primary N) is 2. The van der Waals surface area contributed by atoms with Crippen LogP contribution in [0.5, 0.6) is 0 Å². The molecule has 0 aromatic heterocycles. The number of hydrogen-bond acceptors (Lipinski definition) is 5. The summed E-state index contributed by atoms with van der Waals surface area (Å²) in [4.78, 5) is 10.0. The van der Waals surface area contributed by atoms with Crippen molar-refractivity contribution in [2.75, 3.05) is 40.8 Å². The van der Waals surface area contributed by atoms with Gasteiger partial charge in [-0.2, -0.15) is 0 Å². The molecular weight excluding hydrogens is 222 g/mol. The van der Waals surface area contributed by atoms with Crippen molar-refractivity contribution in [3.05, 3.63) is 0 Å². The van der Waals surface area contributed by atoms with Crippen LogP contribution in [-0.2, 0) is 4.79 Å². The second kappa shape index (κ2) is 10.5. The second-order valence-corrected chi connectivity index (χ2v) is 4.95. The molecule has 0 aromatic carbocycles. The van der Waals surface area contributed by atoms with E-state index in [1.807, 2.05) is 0 Å². The first-order valence-electron chi connectivity index (χ1n) is 5.82.